The fraction of sp³-hybridized carbons (Fsp3) is 0.500. The Bertz CT molecular complexity index is 266. The Hall–Kier alpha value is -0.970. The number of nitrogens with one attached hydrogen (secondary N) is 1. The predicted molar refractivity (Wildman–Crippen MR) is 53.6 cm³/mol. The van der Waals surface area contributed by atoms with E-state index in [1.165, 1.54) is 0 Å². The summed E-state index contributed by atoms with van der Waals surface area (Å²) in [5, 5.41) is 0. The van der Waals surface area contributed by atoms with Crippen LogP contribution in [0.3, 0.4) is 0 Å². The largest absolute Gasteiger partial charge is 0.382 e. The molecule has 0 unspecified atom stereocenters. The van der Waals surface area contributed by atoms with Gasteiger partial charge in [0.15, 0.2) is 0 Å². The third-order valence-corrected chi connectivity index (χ3v) is 1.70. The fourth-order valence-corrected chi connectivity index (χ4v) is 1.05. The van der Waals surface area contributed by atoms with Gasteiger partial charge in [0.1, 0.15) is 0 Å². The molecule has 1 aromatic rings. The van der Waals surface area contributed by atoms with Crippen molar-refractivity contribution in [1.82, 2.24) is 10.5 Å². The monoisotopic (exact) mass is 196 g/mol. The van der Waals surface area contributed by atoms with Gasteiger partial charge in [-0.05, 0) is 18.1 Å². The van der Waals surface area contributed by atoms with Crippen molar-refractivity contribution in [1.29, 1.82) is 0 Å². The van der Waals surface area contributed by atoms with Gasteiger partial charge in [0.05, 0.1) is 13.2 Å². The van der Waals surface area contributed by atoms with Crippen molar-refractivity contribution in [2.45, 2.75) is 13.5 Å². The second kappa shape index (κ2) is 6.48. The van der Waals surface area contributed by atoms with Crippen molar-refractivity contribution in [3.63, 3.8) is 0 Å². The standard InChI is InChI=1S/C10H16N2O2/c1-9-5-10(7-11-6-9)8-12-14-4-3-13-2/h5-7,12H,3-4,8H2,1-2H3. The Labute approximate surface area is 84.2 Å². The highest BCUT2D eigenvalue weighted by molar-refractivity contribution is 5.15. The lowest BCUT2D eigenvalue weighted by Gasteiger charge is -2.05. The van der Waals surface area contributed by atoms with Crippen LogP contribution in [0.4, 0.5) is 0 Å². The third kappa shape index (κ3) is 4.32. The van der Waals surface area contributed by atoms with Crippen molar-refractivity contribution >= 4 is 0 Å². The Morgan fingerprint density at radius 3 is 2.93 bits per heavy atom. The van der Waals surface area contributed by atoms with Crippen molar-refractivity contribution in [3.05, 3.63) is 29.6 Å². The summed E-state index contributed by atoms with van der Waals surface area (Å²) in [4.78, 5) is 9.19. The average molecular weight is 196 g/mol. The number of aromatic nitrogens is 1. The van der Waals surface area contributed by atoms with Gasteiger partial charge in [-0.3, -0.25) is 9.82 Å². The highest BCUT2D eigenvalue weighted by atomic mass is 16.7. The number of nitrogens with zero attached hydrogens (tertiary/aromatic N) is 1. The van der Waals surface area contributed by atoms with E-state index in [0.717, 1.165) is 11.1 Å². The lowest BCUT2D eigenvalue weighted by molar-refractivity contribution is 0.00342. The highest BCUT2D eigenvalue weighted by Gasteiger charge is 1.93. The van der Waals surface area contributed by atoms with E-state index in [-0.39, 0.29) is 0 Å². The number of hydrogen-bond donors (Lipinski definition) is 1. The van der Waals surface area contributed by atoms with Gasteiger partial charge in [0.2, 0.25) is 0 Å². The second-order valence-electron chi connectivity index (χ2n) is 3.03. The van der Waals surface area contributed by atoms with Crippen LogP contribution in [0.15, 0.2) is 18.5 Å². The number of aryl methyl sites for hydroxylation is 1. The van der Waals surface area contributed by atoms with E-state index >= 15 is 0 Å². The van der Waals surface area contributed by atoms with Gasteiger partial charge >= 0.3 is 0 Å². The lowest BCUT2D eigenvalue weighted by atomic mass is 10.2. The summed E-state index contributed by atoms with van der Waals surface area (Å²) in [6.45, 7) is 3.83. The van der Waals surface area contributed by atoms with Crippen LogP contribution in [0, 0.1) is 6.92 Å². The molecular formula is C10H16N2O2. The minimum Gasteiger partial charge on any atom is -0.382 e. The summed E-state index contributed by atoms with van der Waals surface area (Å²) in [7, 11) is 1.65. The van der Waals surface area contributed by atoms with Gasteiger partial charge in [-0.25, -0.2) is 0 Å². The topological polar surface area (TPSA) is 43.4 Å². The van der Waals surface area contributed by atoms with Crippen molar-refractivity contribution in [2.24, 2.45) is 0 Å². The van der Waals surface area contributed by atoms with Gasteiger partial charge in [-0.15, -0.1) is 0 Å². The van der Waals surface area contributed by atoms with Crippen LogP contribution in [0.2, 0.25) is 0 Å². The first kappa shape index (κ1) is 11.1. The molecule has 0 saturated carbocycles. The van der Waals surface area contributed by atoms with Gasteiger partial charge in [0.25, 0.3) is 0 Å². The smallest absolute Gasteiger partial charge is 0.0916 e. The maximum Gasteiger partial charge on any atom is 0.0916 e. The summed E-state index contributed by atoms with van der Waals surface area (Å²) in [6.07, 6.45) is 3.65. The zero-order chi connectivity index (χ0) is 10.2. The van der Waals surface area contributed by atoms with E-state index in [4.69, 9.17) is 9.57 Å². The summed E-state index contributed by atoms with van der Waals surface area (Å²) in [5.41, 5.74) is 5.11. The summed E-state index contributed by atoms with van der Waals surface area (Å²) < 4.78 is 4.84. The molecule has 78 valence electrons. The van der Waals surface area contributed by atoms with E-state index in [1.807, 2.05) is 19.3 Å². The number of ether oxygens (including phenoxy) is 1. The summed E-state index contributed by atoms with van der Waals surface area (Å²) in [6, 6.07) is 2.07. The first-order chi connectivity index (χ1) is 6.83. The Balaban J connectivity index is 2.18. The minimum absolute atomic E-state index is 0.551. The van der Waals surface area contributed by atoms with Gasteiger partial charge in [-0.1, -0.05) is 6.07 Å². The van der Waals surface area contributed by atoms with Crippen LogP contribution in [-0.2, 0) is 16.1 Å². The van der Waals surface area contributed by atoms with Crippen molar-refractivity contribution in [3.8, 4) is 0 Å². The average Bonchev–Trinajstić information content (AvgIpc) is 2.18. The molecule has 1 aromatic heterocycles. The van der Waals surface area contributed by atoms with Crippen LogP contribution in [0.5, 0.6) is 0 Å². The van der Waals surface area contributed by atoms with Crippen LogP contribution in [0.25, 0.3) is 0 Å². The van der Waals surface area contributed by atoms with Crippen LogP contribution >= 0.6 is 0 Å². The third-order valence-electron chi connectivity index (χ3n) is 1.70. The number of pyridine rings is 1. The van der Waals surface area contributed by atoms with Crippen LogP contribution in [0.1, 0.15) is 11.1 Å². The molecule has 14 heavy (non-hydrogen) atoms. The number of rotatable bonds is 6. The number of hydrogen-bond acceptors (Lipinski definition) is 4. The first-order valence-corrected chi connectivity index (χ1v) is 4.57. The SMILES string of the molecule is COCCONCc1cncc(C)c1. The lowest BCUT2D eigenvalue weighted by Crippen LogP contribution is -2.17. The molecule has 0 aromatic carbocycles. The molecule has 1 heterocycles. The summed E-state index contributed by atoms with van der Waals surface area (Å²) >= 11 is 0. The molecule has 1 N–H and O–H groups in total. The minimum atomic E-state index is 0.551. The first-order valence-electron chi connectivity index (χ1n) is 4.57. The van der Waals surface area contributed by atoms with Crippen LogP contribution in [-0.4, -0.2) is 25.3 Å². The molecule has 0 aliphatic rings. The molecule has 4 heteroatoms. The Morgan fingerprint density at radius 2 is 2.21 bits per heavy atom. The van der Waals surface area contributed by atoms with E-state index in [0.29, 0.717) is 19.8 Å². The predicted octanol–water partition coefficient (Wildman–Crippen LogP) is 1.06. The van der Waals surface area contributed by atoms with E-state index < -0.39 is 0 Å². The normalized spacial score (nSPS) is 10.4. The molecule has 1 rings (SSSR count). The molecule has 0 atom stereocenters. The molecule has 0 radical (unpaired) electrons. The Morgan fingerprint density at radius 1 is 1.36 bits per heavy atom. The Kier molecular flexibility index (Phi) is 5.14. The van der Waals surface area contributed by atoms with Crippen LogP contribution < -0.4 is 5.48 Å². The fourth-order valence-electron chi connectivity index (χ4n) is 1.05. The van der Waals surface area contributed by atoms with Crippen molar-refractivity contribution in [2.75, 3.05) is 20.3 Å². The molecule has 4 nitrogen and oxygen atoms in total. The molecule has 0 bridgehead atoms. The molecular weight excluding hydrogens is 180 g/mol. The molecule has 0 fully saturated rings. The molecule has 0 aliphatic heterocycles. The quantitative estimate of drug-likeness (QED) is 0.545. The summed E-state index contributed by atoms with van der Waals surface area (Å²) in [5.74, 6) is 0. The molecule has 0 saturated heterocycles. The molecule has 0 amide bonds. The van der Waals surface area contributed by atoms with E-state index in [9.17, 15) is 0 Å². The van der Waals surface area contributed by atoms with Gasteiger partial charge in [0, 0.05) is 26.0 Å². The van der Waals surface area contributed by atoms with Gasteiger partial charge in [-0.2, -0.15) is 5.48 Å². The zero-order valence-corrected chi connectivity index (χ0v) is 8.62. The van der Waals surface area contributed by atoms with E-state index in [1.54, 1.807) is 7.11 Å². The highest BCUT2D eigenvalue weighted by Crippen LogP contribution is 1.99. The van der Waals surface area contributed by atoms with Gasteiger partial charge < -0.3 is 4.74 Å². The number of hydroxylamine groups is 1. The van der Waals surface area contributed by atoms with Crippen molar-refractivity contribution < 1.29 is 9.57 Å². The second-order valence-corrected chi connectivity index (χ2v) is 3.03. The zero-order valence-electron chi connectivity index (χ0n) is 8.62. The molecule has 0 aliphatic carbocycles. The molecule has 0 spiro atoms. The maximum absolute atomic E-state index is 5.12. The maximum atomic E-state index is 5.12. The van der Waals surface area contributed by atoms with E-state index in [2.05, 4.69) is 16.5 Å². The number of methoxy groups -OCH3 is 1.